The van der Waals surface area contributed by atoms with Crippen LogP contribution >= 0.6 is 0 Å². The van der Waals surface area contributed by atoms with Crippen molar-refractivity contribution in [3.8, 4) is 0 Å². The van der Waals surface area contributed by atoms with Crippen LogP contribution in [0.5, 0.6) is 0 Å². The molecule has 0 aliphatic carbocycles. The maximum atomic E-state index is 11.6. The molecule has 1 aliphatic rings. The second-order valence-corrected chi connectivity index (χ2v) is 8.52. The summed E-state index contributed by atoms with van der Waals surface area (Å²) in [7, 11) is -0.906. The number of hydrogen-bond donors (Lipinski definition) is 0. The van der Waals surface area contributed by atoms with Crippen LogP contribution in [0.1, 0.15) is 20.3 Å². The summed E-state index contributed by atoms with van der Waals surface area (Å²) in [4.78, 5) is 2.76. The first-order chi connectivity index (χ1) is 6.49. The zero-order valence-corrected chi connectivity index (χ0v) is 11.9. The van der Waals surface area contributed by atoms with Crippen molar-refractivity contribution in [2.45, 2.75) is 20.3 Å². The van der Waals surface area contributed by atoms with Crippen molar-refractivity contribution in [3.05, 3.63) is 8.61 Å². The molecule has 0 bridgehead atoms. The number of nitrogens with zero attached hydrogens (tertiary/aromatic N) is 1. The molecule has 0 amide bonds. The Morgan fingerprint density at radius 2 is 2.14 bits per heavy atom. The van der Waals surface area contributed by atoms with Crippen LogP contribution < -0.4 is 21.2 Å². The average molecular weight is 330 g/mol. The topological polar surface area (TPSA) is 37.4 Å². The molecule has 0 saturated heterocycles. The normalized spacial score (nSPS) is 21.8. The summed E-state index contributed by atoms with van der Waals surface area (Å²) < 4.78 is 25.6. The molecule has 0 radical (unpaired) electrons. The molecule has 3 nitrogen and oxygen atoms in total. The van der Waals surface area contributed by atoms with E-state index in [4.69, 9.17) is 0 Å². The molecule has 0 aromatic heterocycles. The van der Waals surface area contributed by atoms with Crippen molar-refractivity contribution in [2.75, 3.05) is 23.8 Å². The Balaban J connectivity index is 2.94. The molecule has 1 heterocycles. The van der Waals surface area contributed by atoms with Crippen LogP contribution in [0.4, 0.5) is 0 Å². The number of hydrogen-bond acceptors (Lipinski definition) is 3. The summed E-state index contributed by atoms with van der Waals surface area (Å²) in [5.74, 6) is 0.286. The fourth-order valence-electron chi connectivity index (χ4n) is 1.29. The third-order valence-corrected chi connectivity index (χ3v) is 8.38. The number of halogens is 1. The first-order valence-electron chi connectivity index (χ1n) is 4.73. The van der Waals surface area contributed by atoms with Crippen LogP contribution in [0.25, 0.3) is 0 Å². The van der Waals surface area contributed by atoms with Crippen LogP contribution in [0.3, 0.4) is 0 Å². The second kappa shape index (κ2) is 4.83. The van der Waals surface area contributed by atoms with E-state index in [2.05, 4.69) is 11.8 Å². The van der Waals surface area contributed by atoms with Gasteiger partial charge in [-0.3, -0.25) is 0 Å². The van der Waals surface area contributed by atoms with Crippen molar-refractivity contribution in [1.29, 1.82) is 0 Å². The van der Waals surface area contributed by atoms with E-state index in [0.717, 1.165) is 10.1 Å². The van der Waals surface area contributed by atoms with E-state index in [0.29, 0.717) is 11.4 Å². The van der Waals surface area contributed by atoms with Gasteiger partial charge >= 0.3 is 97.0 Å². The van der Waals surface area contributed by atoms with Gasteiger partial charge in [0.05, 0.1) is 0 Å². The van der Waals surface area contributed by atoms with Gasteiger partial charge in [-0.05, 0) is 0 Å². The second-order valence-electron chi connectivity index (χ2n) is 3.41. The molecule has 0 unspecified atom stereocenters. The third-order valence-electron chi connectivity index (χ3n) is 2.20. The molecule has 84 valence electrons. The Morgan fingerprint density at radius 1 is 1.50 bits per heavy atom. The van der Waals surface area contributed by atoms with Gasteiger partial charge < -0.3 is 0 Å². The first-order valence-corrected chi connectivity index (χ1v) is 8.98. The van der Waals surface area contributed by atoms with Gasteiger partial charge in [-0.1, -0.05) is 0 Å². The van der Waals surface area contributed by atoms with Crippen molar-refractivity contribution in [3.63, 3.8) is 0 Å². The zero-order chi connectivity index (χ0) is 10.8. The van der Waals surface area contributed by atoms with Gasteiger partial charge in [0.2, 0.25) is 0 Å². The van der Waals surface area contributed by atoms with Gasteiger partial charge in [0.1, 0.15) is 0 Å². The summed E-state index contributed by atoms with van der Waals surface area (Å²) in [6.45, 7) is 4.57. The van der Waals surface area contributed by atoms with E-state index in [1.54, 1.807) is 6.92 Å². The van der Waals surface area contributed by atoms with E-state index < -0.39 is 9.84 Å². The number of rotatable bonds is 3. The van der Waals surface area contributed by atoms with Crippen LogP contribution in [-0.4, -0.2) is 37.1 Å². The summed E-state index contributed by atoms with van der Waals surface area (Å²) in [6, 6.07) is 0. The SMILES string of the molecule is CCC[I-]C1=C(C)S(=O)(=O)CCN1C. The summed E-state index contributed by atoms with van der Waals surface area (Å²) in [5.41, 5.74) is 0. The van der Waals surface area contributed by atoms with Crippen LogP contribution in [0.15, 0.2) is 8.61 Å². The van der Waals surface area contributed by atoms with Crippen LogP contribution in [-0.2, 0) is 9.84 Å². The van der Waals surface area contributed by atoms with E-state index in [9.17, 15) is 8.42 Å². The van der Waals surface area contributed by atoms with Crippen molar-refractivity contribution in [1.82, 2.24) is 4.90 Å². The number of allylic oxidation sites excluding steroid dienone is 1. The molecular weight excluding hydrogens is 313 g/mol. The molecule has 0 saturated carbocycles. The van der Waals surface area contributed by atoms with Gasteiger partial charge in [0, 0.05) is 0 Å². The summed E-state index contributed by atoms with van der Waals surface area (Å²) >= 11 is -0.110. The Kier molecular flexibility index (Phi) is 4.24. The molecule has 14 heavy (non-hydrogen) atoms. The fraction of sp³-hybridized carbons (Fsp3) is 0.778. The molecule has 0 spiro atoms. The van der Waals surface area contributed by atoms with E-state index in [1.807, 2.05) is 7.05 Å². The first kappa shape index (κ1) is 12.3. The predicted molar refractivity (Wildman–Crippen MR) is 54.3 cm³/mol. The van der Waals surface area contributed by atoms with Crippen LogP contribution in [0, 0.1) is 0 Å². The molecule has 0 fully saturated rings. The summed E-state index contributed by atoms with van der Waals surface area (Å²) in [6.07, 6.45) is 1.15. The Labute approximate surface area is 96.7 Å². The predicted octanol–water partition coefficient (Wildman–Crippen LogP) is -1.97. The van der Waals surface area contributed by atoms with Crippen LogP contribution in [0.2, 0.25) is 0 Å². The number of sulfone groups is 1. The molecule has 1 rings (SSSR count). The Hall–Kier alpha value is 0.220. The summed E-state index contributed by atoms with van der Waals surface area (Å²) in [5, 5.41) is 0. The van der Waals surface area contributed by atoms with Gasteiger partial charge in [0.15, 0.2) is 0 Å². The monoisotopic (exact) mass is 330 g/mol. The molecule has 0 aromatic carbocycles. The number of alkyl halides is 1. The van der Waals surface area contributed by atoms with E-state index in [-0.39, 0.29) is 27.0 Å². The van der Waals surface area contributed by atoms with Gasteiger partial charge in [-0.25, -0.2) is 0 Å². The third kappa shape index (κ3) is 2.62. The minimum atomic E-state index is -2.91. The van der Waals surface area contributed by atoms with Gasteiger partial charge in [-0.2, -0.15) is 0 Å². The van der Waals surface area contributed by atoms with Crippen molar-refractivity contribution in [2.24, 2.45) is 0 Å². The Bertz CT molecular complexity index is 335. The van der Waals surface area contributed by atoms with E-state index >= 15 is 0 Å². The molecule has 0 N–H and O–H groups in total. The quantitative estimate of drug-likeness (QED) is 0.342. The Morgan fingerprint density at radius 3 is 2.71 bits per heavy atom. The maximum absolute atomic E-state index is 11.6. The fourth-order valence-corrected chi connectivity index (χ4v) is 6.30. The molecule has 0 aromatic rings. The molecule has 0 atom stereocenters. The van der Waals surface area contributed by atoms with Crippen molar-refractivity contribution >= 4 is 9.84 Å². The molecule has 5 heteroatoms. The van der Waals surface area contributed by atoms with E-state index in [1.165, 1.54) is 4.43 Å². The molecular formula is C9H17INO2S-. The van der Waals surface area contributed by atoms with Gasteiger partial charge in [0.25, 0.3) is 0 Å². The standard InChI is InChI=1S/C9H17INO2S/c1-4-5-10-9-8(2)14(12,13)7-6-11(9)3/h4-7H2,1-3H3/q-1. The zero-order valence-electron chi connectivity index (χ0n) is 8.88. The minimum absolute atomic E-state index is 0.110. The molecule has 1 aliphatic heterocycles. The average Bonchev–Trinajstić information content (AvgIpc) is 2.13. The van der Waals surface area contributed by atoms with Crippen molar-refractivity contribution < 1.29 is 29.6 Å². The van der Waals surface area contributed by atoms with Gasteiger partial charge in [-0.15, -0.1) is 0 Å².